The number of aromatic nitrogens is 1. The van der Waals surface area contributed by atoms with E-state index in [1.807, 2.05) is 30.3 Å². The van der Waals surface area contributed by atoms with Crippen molar-refractivity contribution in [2.75, 3.05) is 41.1 Å². The first kappa shape index (κ1) is 25.5. The number of ether oxygens (including phenoxy) is 5. The molecule has 1 fully saturated rings. The lowest BCUT2D eigenvalue weighted by Gasteiger charge is -2.24. The standard InChI is InChI=1S/C27H32N2O7/c1-31-24-12-20(13-25(32-2)27(24)33-3)23-14-21(28-36-23)15-29(16-22-10-7-11-35-22)26(30)18-34-17-19-8-5-4-6-9-19/h4-6,8-9,12-14,22H,7,10-11,15-18H2,1-3H3/t22-/m0/s1. The Morgan fingerprint density at radius 3 is 2.44 bits per heavy atom. The summed E-state index contributed by atoms with van der Waals surface area (Å²) < 4.78 is 33.4. The van der Waals surface area contributed by atoms with Crippen molar-refractivity contribution < 1.29 is 33.0 Å². The van der Waals surface area contributed by atoms with Crippen molar-refractivity contribution in [3.8, 4) is 28.6 Å². The summed E-state index contributed by atoms with van der Waals surface area (Å²) in [6.45, 7) is 1.81. The van der Waals surface area contributed by atoms with Gasteiger partial charge in [-0.1, -0.05) is 35.5 Å². The van der Waals surface area contributed by atoms with Crippen LogP contribution in [0.2, 0.25) is 0 Å². The lowest BCUT2D eigenvalue weighted by Crippen LogP contribution is -2.39. The number of methoxy groups -OCH3 is 3. The number of carbonyl (C=O) groups is 1. The van der Waals surface area contributed by atoms with Gasteiger partial charge in [0.15, 0.2) is 17.3 Å². The van der Waals surface area contributed by atoms with Crippen LogP contribution >= 0.6 is 0 Å². The molecule has 0 bridgehead atoms. The van der Waals surface area contributed by atoms with Gasteiger partial charge in [-0.05, 0) is 30.5 Å². The lowest BCUT2D eigenvalue weighted by atomic mass is 10.1. The number of amides is 1. The largest absolute Gasteiger partial charge is 0.493 e. The molecule has 9 heteroatoms. The number of carbonyl (C=O) groups excluding carboxylic acids is 1. The van der Waals surface area contributed by atoms with Crippen LogP contribution in [0.25, 0.3) is 11.3 Å². The van der Waals surface area contributed by atoms with E-state index < -0.39 is 0 Å². The topological polar surface area (TPSA) is 92.5 Å². The predicted molar refractivity (Wildman–Crippen MR) is 132 cm³/mol. The molecule has 0 aliphatic carbocycles. The van der Waals surface area contributed by atoms with Crippen LogP contribution in [-0.2, 0) is 27.4 Å². The molecule has 1 aliphatic heterocycles. The minimum Gasteiger partial charge on any atom is -0.493 e. The summed E-state index contributed by atoms with van der Waals surface area (Å²) in [7, 11) is 4.67. The van der Waals surface area contributed by atoms with Gasteiger partial charge in [0.25, 0.3) is 0 Å². The molecule has 9 nitrogen and oxygen atoms in total. The molecule has 0 unspecified atom stereocenters. The number of hydrogen-bond acceptors (Lipinski definition) is 8. The number of hydrogen-bond donors (Lipinski definition) is 0. The molecule has 192 valence electrons. The molecule has 4 rings (SSSR count). The van der Waals surface area contributed by atoms with Gasteiger partial charge < -0.3 is 33.1 Å². The molecule has 1 atom stereocenters. The molecule has 3 aromatic rings. The van der Waals surface area contributed by atoms with E-state index in [-0.39, 0.29) is 25.2 Å². The van der Waals surface area contributed by atoms with Crippen LogP contribution in [0.3, 0.4) is 0 Å². The Morgan fingerprint density at radius 1 is 1.06 bits per heavy atom. The summed E-state index contributed by atoms with van der Waals surface area (Å²) in [6, 6.07) is 15.2. The third kappa shape index (κ3) is 6.35. The molecule has 2 heterocycles. The third-order valence-electron chi connectivity index (χ3n) is 6.00. The first-order valence-corrected chi connectivity index (χ1v) is 11.9. The number of nitrogens with zero attached hydrogens (tertiary/aromatic N) is 2. The fourth-order valence-electron chi connectivity index (χ4n) is 4.15. The van der Waals surface area contributed by atoms with Crippen molar-refractivity contribution in [3.05, 3.63) is 59.8 Å². The third-order valence-corrected chi connectivity index (χ3v) is 6.00. The average Bonchev–Trinajstić information content (AvgIpc) is 3.60. The zero-order valence-electron chi connectivity index (χ0n) is 20.9. The molecule has 2 aromatic carbocycles. The summed E-state index contributed by atoms with van der Waals surface area (Å²) in [5.74, 6) is 1.91. The SMILES string of the molecule is COc1cc(-c2cc(CN(C[C@@H]3CCCO3)C(=O)COCc3ccccc3)no2)cc(OC)c1OC. The minimum absolute atomic E-state index is 0.00422. The van der Waals surface area contributed by atoms with Gasteiger partial charge in [0.05, 0.1) is 40.6 Å². The molecule has 1 aromatic heterocycles. The lowest BCUT2D eigenvalue weighted by molar-refractivity contribution is -0.138. The normalized spacial score (nSPS) is 15.0. The van der Waals surface area contributed by atoms with Gasteiger partial charge in [0.2, 0.25) is 11.7 Å². The number of rotatable bonds is 12. The second-order valence-electron chi connectivity index (χ2n) is 8.48. The maximum Gasteiger partial charge on any atom is 0.249 e. The van der Waals surface area contributed by atoms with Crippen LogP contribution in [0.4, 0.5) is 0 Å². The highest BCUT2D eigenvalue weighted by Gasteiger charge is 2.24. The number of benzene rings is 2. The summed E-state index contributed by atoms with van der Waals surface area (Å²) in [5.41, 5.74) is 2.35. The van der Waals surface area contributed by atoms with Gasteiger partial charge in [-0.3, -0.25) is 4.79 Å². The molecule has 0 spiro atoms. The Balaban J connectivity index is 1.47. The van der Waals surface area contributed by atoms with Crippen molar-refractivity contribution in [3.63, 3.8) is 0 Å². The molecule has 1 aliphatic rings. The van der Waals surface area contributed by atoms with Crippen molar-refractivity contribution in [1.29, 1.82) is 0 Å². The summed E-state index contributed by atoms with van der Waals surface area (Å²) in [4.78, 5) is 14.8. The van der Waals surface area contributed by atoms with Crippen molar-refractivity contribution in [1.82, 2.24) is 10.1 Å². The van der Waals surface area contributed by atoms with E-state index in [4.69, 9.17) is 28.2 Å². The van der Waals surface area contributed by atoms with E-state index in [1.165, 1.54) is 0 Å². The highest BCUT2D eigenvalue weighted by Crippen LogP contribution is 2.41. The van der Waals surface area contributed by atoms with Crippen LogP contribution in [0.5, 0.6) is 17.2 Å². The first-order chi connectivity index (χ1) is 17.6. The Bertz CT molecular complexity index is 1100. The molecule has 0 N–H and O–H groups in total. The monoisotopic (exact) mass is 496 g/mol. The fourth-order valence-corrected chi connectivity index (χ4v) is 4.15. The van der Waals surface area contributed by atoms with Gasteiger partial charge in [-0.25, -0.2) is 0 Å². The van der Waals surface area contributed by atoms with E-state index in [1.54, 1.807) is 44.4 Å². The second-order valence-corrected chi connectivity index (χ2v) is 8.48. The Labute approximate surface area is 210 Å². The molecule has 1 amide bonds. The van der Waals surface area contributed by atoms with Crippen LogP contribution in [0.15, 0.2) is 53.1 Å². The molecule has 0 saturated carbocycles. The Morgan fingerprint density at radius 2 is 1.81 bits per heavy atom. The van der Waals surface area contributed by atoms with Gasteiger partial charge in [-0.2, -0.15) is 0 Å². The van der Waals surface area contributed by atoms with Crippen LogP contribution in [-0.4, -0.2) is 63.2 Å². The van der Waals surface area contributed by atoms with Gasteiger partial charge in [0, 0.05) is 24.8 Å². The molecular formula is C27H32N2O7. The van der Waals surface area contributed by atoms with E-state index >= 15 is 0 Å². The van der Waals surface area contributed by atoms with Gasteiger partial charge >= 0.3 is 0 Å². The summed E-state index contributed by atoms with van der Waals surface area (Å²) in [5, 5.41) is 4.21. The maximum absolute atomic E-state index is 13.1. The zero-order valence-corrected chi connectivity index (χ0v) is 20.9. The first-order valence-electron chi connectivity index (χ1n) is 11.9. The molecule has 0 radical (unpaired) electrons. The smallest absolute Gasteiger partial charge is 0.249 e. The van der Waals surface area contributed by atoms with Crippen molar-refractivity contribution in [2.24, 2.45) is 0 Å². The van der Waals surface area contributed by atoms with Crippen LogP contribution in [0, 0.1) is 0 Å². The van der Waals surface area contributed by atoms with Crippen LogP contribution in [0.1, 0.15) is 24.1 Å². The zero-order chi connectivity index (χ0) is 25.3. The van der Waals surface area contributed by atoms with E-state index in [0.29, 0.717) is 54.0 Å². The van der Waals surface area contributed by atoms with Crippen LogP contribution < -0.4 is 14.2 Å². The van der Waals surface area contributed by atoms with E-state index in [2.05, 4.69) is 5.16 Å². The van der Waals surface area contributed by atoms with Gasteiger partial charge in [0.1, 0.15) is 12.3 Å². The molecule has 1 saturated heterocycles. The highest BCUT2D eigenvalue weighted by molar-refractivity contribution is 5.77. The van der Waals surface area contributed by atoms with Crippen molar-refractivity contribution in [2.45, 2.75) is 32.1 Å². The van der Waals surface area contributed by atoms with Crippen molar-refractivity contribution >= 4 is 5.91 Å². The highest BCUT2D eigenvalue weighted by atomic mass is 16.5. The second kappa shape index (κ2) is 12.4. The Hall–Kier alpha value is -3.56. The summed E-state index contributed by atoms with van der Waals surface area (Å²) >= 11 is 0. The molecular weight excluding hydrogens is 464 g/mol. The van der Waals surface area contributed by atoms with E-state index in [0.717, 1.165) is 18.4 Å². The average molecular weight is 497 g/mol. The molecule has 36 heavy (non-hydrogen) atoms. The predicted octanol–water partition coefficient (Wildman–Crippen LogP) is 4.09. The summed E-state index contributed by atoms with van der Waals surface area (Å²) in [6.07, 6.45) is 1.92. The fraction of sp³-hybridized carbons (Fsp3) is 0.407. The quantitative estimate of drug-likeness (QED) is 0.370. The Kier molecular flexibility index (Phi) is 8.80. The maximum atomic E-state index is 13.1. The van der Waals surface area contributed by atoms with Gasteiger partial charge in [-0.15, -0.1) is 0 Å². The minimum atomic E-state index is -0.126. The van der Waals surface area contributed by atoms with E-state index in [9.17, 15) is 4.79 Å².